The fourth-order valence-electron chi connectivity index (χ4n) is 2.98. The Balaban J connectivity index is 1.59. The molecule has 24 heavy (non-hydrogen) atoms. The summed E-state index contributed by atoms with van der Waals surface area (Å²) in [5, 5.41) is 2.75. The largest absolute Gasteiger partial charge is 0.352 e. The van der Waals surface area contributed by atoms with Gasteiger partial charge in [0.25, 0.3) is 0 Å². The molecule has 5 heteroatoms. The molecule has 0 unspecified atom stereocenters. The molecule has 0 saturated carbocycles. The Labute approximate surface area is 141 Å². The summed E-state index contributed by atoms with van der Waals surface area (Å²) in [6.45, 7) is 2.72. The van der Waals surface area contributed by atoms with Crippen molar-refractivity contribution in [2.75, 3.05) is 11.4 Å². The molecule has 2 aromatic rings. The van der Waals surface area contributed by atoms with Crippen LogP contribution in [-0.4, -0.2) is 23.3 Å². The quantitative estimate of drug-likeness (QED) is 0.918. The molecule has 1 N–H and O–H groups in total. The number of nitrogens with zero attached hydrogens (tertiary/aromatic N) is 2. The molecule has 5 nitrogen and oxygen atoms in total. The van der Waals surface area contributed by atoms with Gasteiger partial charge in [-0.2, -0.15) is 0 Å². The summed E-state index contributed by atoms with van der Waals surface area (Å²) in [7, 11) is 0. The molecule has 0 bridgehead atoms. The lowest BCUT2D eigenvalue weighted by Gasteiger charge is -2.16. The first-order valence-electron chi connectivity index (χ1n) is 8.15. The van der Waals surface area contributed by atoms with E-state index in [0.29, 0.717) is 13.0 Å². The van der Waals surface area contributed by atoms with Gasteiger partial charge in [0.05, 0.1) is 0 Å². The van der Waals surface area contributed by atoms with Crippen molar-refractivity contribution in [2.24, 2.45) is 5.92 Å². The summed E-state index contributed by atoms with van der Waals surface area (Å²) in [4.78, 5) is 29.5. The predicted octanol–water partition coefficient (Wildman–Crippen LogP) is 2.31. The van der Waals surface area contributed by atoms with Gasteiger partial charge in [-0.1, -0.05) is 24.3 Å². The van der Waals surface area contributed by atoms with Crippen molar-refractivity contribution in [3.05, 3.63) is 59.9 Å². The molecule has 1 aliphatic heterocycles. The Morgan fingerprint density at radius 3 is 2.71 bits per heavy atom. The molecule has 1 aliphatic rings. The molecule has 1 saturated heterocycles. The SMILES string of the molecule is CC(=O)NCc1ccc(C[C@@H]2CC(=O)N(c3ccccc3)C2)nc1. The lowest BCUT2D eigenvalue weighted by molar-refractivity contribution is -0.119. The third kappa shape index (κ3) is 3.98. The number of amides is 2. The topological polar surface area (TPSA) is 62.3 Å². The molecule has 3 rings (SSSR count). The maximum absolute atomic E-state index is 12.2. The summed E-state index contributed by atoms with van der Waals surface area (Å²) in [6, 6.07) is 13.7. The molecule has 2 heterocycles. The van der Waals surface area contributed by atoms with Crippen molar-refractivity contribution in [3.8, 4) is 0 Å². The molecule has 0 aliphatic carbocycles. The molecule has 124 valence electrons. The number of hydrogen-bond donors (Lipinski definition) is 1. The Morgan fingerprint density at radius 2 is 2.04 bits per heavy atom. The maximum Gasteiger partial charge on any atom is 0.227 e. The van der Waals surface area contributed by atoms with E-state index in [0.717, 1.165) is 29.9 Å². The number of carbonyl (C=O) groups is 2. The van der Waals surface area contributed by atoms with Crippen molar-refractivity contribution in [3.63, 3.8) is 0 Å². The number of para-hydroxylation sites is 1. The van der Waals surface area contributed by atoms with E-state index < -0.39 is 0 Å². The Hall–Kier alpha value is -2.69. The zero-order chi connectivity index (χ0) is 16.9. The van der Waals surface area contributed by atoms with E-state index in [1.54, 1.807) is 6.20 Å². The smallest absolute Gasteiger partial charge is 0.227 e. The second-order valence-corrected chi connectivity index (χ2v) is 6.18. The van der Waals surface area contributed by atoms with Crippen molar-refractivity contribution in [2.45, 2.75) is 26.3 Å². The minimum absolute atomic E-state index is 0.0513. The number of carbonyl (C=O) groups excluding carboxylic acids is 2. The van der Waals surface area contributed by atoms with Crippen LogP contribution in [0.4, 0.5) is 5.69 Å². The Bertz CT molecular complexity index is 713. The average molecular weight is 323 g/mol. The van der Waals surface area contributed by atoms with E-state index in [1.807, 2.05) is 47.4 Å². The molecule has 1 aromatic carbocycles. The zero-order valence-corrected chi connectivity index (χ0v) is 13.7. The maximum atomic E-state index is 12.2. The molecule has 1 atom stereocenters. The normalized spacial score (nSPS) is 17.1. The summed E-state index contributed by atoms with van der Waals surface area (Å²) in [5.41, 5.74) is 2.92. The van der Waals surface area contributed by atoms with E-state index in [1.165, 1.54) is 6.92 Å². The number of aromatic nitrogens is 1. The second kappa shape index (κ2) is 7.25. The van der Waals surface area contributed by atoms with Crippen LogP contribution in [0.1, 0.15) is 24.6 Å². The van der Waals surface area contributed by atoms with E-state index in [2.05, 4.69) is 10.3 Å². The lowest BCUT2D eigenvalue weighted by atomic mass is 10.0. The fraction of sp³-hybridized carbons (Fsp3) is 0.316. The van der Waals surface area contributed by atoms with Crippen LogP contribution in [0, 0.1) is 5.92 Å². The van der Waals surface area contributed by atoms with Crippen LogP contribution in [0.3, 0.4) is 0 Å². The van der Waals surface area contributed by atoms with Crippen molar-refractivity contribution in [1.82, 2.24) is 10.3 Å². The lowest BCUT2D eigenvalue weighted by Crippen LogP contribution is -2.24. The highest BCUT2D eigenvalue weighted by Crippen LogP contribution is 2.26. The van der Waals surface area contributed by atoms with Gasteiger partial charge >= 0.3 is 0 Å². The Kier molecular flexibility index (Phi) is 4.89. The van der Waals surface area contributed by atoms with Gasteiger partial charge in [-0.15, -0.1) is 0 Å². The highest BCUT2D eigenvalue weighted by atomic mass is 16.2. The molecule has 0 radical (unpaired) electrons. The zero-order valence-electron chi connectivity index (χ0n) is 13.7. The first-order chi connectivity index (χ1) is 11.6. The van der Waals surface area contributed by atoms with Crippen LogP contribution in [0.2, 0.25) is 0 Å². The first-order valence-corrected chi connectivity index (χ1v) is 8.15. The summed E-state index contributed by atoms with van der Waals surface area (Å²) in [5.74, 6) is 0.407. The number of nitrogens with one attached hydrogen (secondary N) is 1. The highest BCUT2D eigenvalue weighted by molar-refractivity contribution is 5.95. The molecule has 1 fully saturated rings. The average Bonchev–Trinajstić information content (AvgIpc) is 2.95. The highest BCUT2D eigenvalue weighted by Gasteiger charge is 2.30. The van der Waals surface area contributed by atoms with Gasteiger partial charge in [0, 0.05) is 44.0 Å². The molecule has 2 amide bonds. The monoisotopic (exact) mass is 323 g/mol. The van der Waals surface area contributed by atoms with E-state index >= 15 is 0 Å². The van der Waals surface area contributed by atoms with Crippen LogP contribution < -0.4 is 10.2 Å². The second-order valence-electron chi connectivity index (χ2n) is 6.18. The fourth-order valence-corrected chi connectivity index (χ4v) is 2.98. The van der Waals surface area contributed by atoms with E-state index in [4.69, 9.17) is 0 Å². The molecular formula is C19H21N3O2. The van der Waals surface area contributed by atoms with Crippen LogP contribution in [0.15, 0.2) is 48.7 Å². The van der Waals surface area contributed by atoms with Gasteiger partial charge in [0.15, 0.2) is 0 Å². The summed E-state index contributed by atoms with van der Waals surface area (Å²) in [6.07, 6.45) is 3.14. The van der Waals surface area contributed by atoms with Crippen molar-refractivity contribution < 1.29 is 9.59 Å². The van der Waals surface area contributed by atoms with Gasteiger partial charge in [0.2, 0.25) is 11.8 Å². The summed E-state index contributed by atoms with van der Waals surface area (Å²) >= 11 is 0. The van der Waals surface area contributed by atoms with Gasteiger partial charge in [-0.3, -0.25) is 14.6 Å². The number of anilines is 1. The van der Waals surface area contributed by atoms with Gasteiger partial charge < -0.3 is 10.2 Å². The molecular weight excluding hydrogens is 302 g/mol. The number of benzene rings is 1. The molecule has 0 spiro atoms. The van der Waals surface area contributed by atoms with Crippen LogP contribution in [0.5, 0.6) is 0 Å². The predicted molar refractivity (Wildman–Crippen MR) is 92.4 cm³/mol. The number of hydrogen-bond acceptors (Lipinski definition) is 3. The van der Waals surface area contributed by atoms with Crippen LogP contribution in [0.25, 0.3) is 0 Å². The van der Waals surface area contributed by atoms with Gasteiger partial charge in [0.1, 0.15) is 0 Å². The van der Waals surface area contributed by atoms with Gasteiger partial charge in [-0.25, -0.2) is 0 Å². The van der Waals surface area contributed by atoms with Crippen LogP contribution >= 0.6 is 0 Å². The first kappa shape index (κ1) is 16.2. The summed E-state index contributed by atoms with van der Waals surface area (Å²) < 4.78 is 0. The third-order valence-corrected chi connectivity index (χ3v) is 4.20. The van der Waals surface area contributed by atoms with Crippen molar-refractivity contribution >= 4 is 17.5 Å². The van der Waals surface area contributed by atoms with E-state index in [9.17, 15) is 9.59 Å². The van der Waals surface area contributed by atoms with Crippen molar-refractivity contribution in [1.29, 1.82) is 0 Å². The Morgan fingerprint density at radius 1 is 1.25 bits per heavy atom. The van der Waals surface area contributed by atoms with Gasteiger partial charge in [-0.05, 0) is 36.1 Å². The standard InChI is InChI=1S/C19H21N3O2/c1-14(23)20-11-15-7-8-17(21-12-15)9-16-10-19(24)22(13-16)18-5-3-2-4-6-18/h2-8,12,16H,9-11,13H2,1H3,(H,20,23)/t16-/m1/s1. The number of rotatable bonds is 5. The minimum atomic E-state index is -0.0513. The van der Waals surface area contributed by atoms with E-state index in [-0.39, 0.29) is 17.7 Å². The number of pyridine rings is 1. The van der Waals surface area contributed by atoms with Crippen LogP contribution in [-0.2, 0) is 22.6 Å². The third-order valence-electron chi connectivity index (χ3n) is 4.20. The minimum Gasteiger partial charge on any atom is -0.352 e. The molecule has 1 aromatic heterocycles.